The molecule has 0 saturated heterocycles. The summed E-state index contributed by atoms with van der Waals surface area (Å²) in [6.07, 6.45) is 1.66. The smallest absolute Gasteiger partial charge is 0.231 e. The van der Waals surface area contributed by atoms with Gasteiger partial charge in [0.05, 0.1) is 36.4 Å². The van der Waals surface area contributed by atoms with Crippen molar-refractivity contribution in [3.63, 3.8) is 0 Å². The van der Waals surface area contributed by atoms with Gasteiger partial charge < -0.3 is 9.84 Å². The summed E-state index contributed by atoms with van der Waals surface area (Å²) in [6, 6.07) is 14.6. The second-order valence-corrected chi connectivity index (χ2v) is 6.25. The van der Waals surface area contributed by atoms with E-state index in [1.165, 1.54) is 12.1 Å². The molecule has 0 saturated carbocycles. The summed E-state index contributed by atoms with van der Waals surface area (Å²) in [5, 5.41) is 28.1. The third-order valence-electron chi connectivity index (χ3n) is 4.26. The number of nitriles is 2. The van der Waals surface area contributed by atoms with Crippen molar-refractivity contribution in [3.8, 4) is 23.6 Å². The van der Waals surface area contributed by atoms with Crippen LogP contribution in [0, 0.1) is 29.6 Å². The molecule has 0 atom stereocenters. The molecule has 0 unspecified atom stereocenters. The first-order valence-electron chi connectivity index (χ1n) is 8.35. The zero-order valence-corrected chi connectivity index (χ0v) is 14.8. The molecule has 1 aliphatic rings. The van der Waals surface area contributed by atoms with E-state index in [2.05, 4.69) is 0 Å². The molecular formula is C21H17N3O3. The second-order valence-electron chi connectivity index (χ2n) is 6.25. The van der Waals surface area contributed by atoms with Crippen molar-refractivity contribution < 1.29 is 14.6 Å². The first-order valence-corrected chi connectivity index (χ1v) is 8.35. The number of hydrogen-bond donors (Lipinski definition) is 1. The Hall–Kier alpha value is -3.61. The van der Waals surface area contributed by atoms with Crippen LogP contribution in [0.25, 0.3) is 6.08 Å². The van der Waals surface area contributed by atoms with E-state index in [0.29, 0.717) is 11.1 Å². The van der Waals surface area contributed by atoms with Gasteiger partial charge in [0.25, 0.3) is 0 Å². The first kappa shape index (κ1) is 18.2. The molecule has 2 aromatic carbocycles. The molecule has 3 rings (SSSR count). The number of ketones is 1. The molecule has 134 valence electrons. The second kappa shape index (κ2) is 7.74. The molecule has 1 aliphatic heterocycles. The average Bonchev–Trinajstić information content (AvgIpc) is 2.96. The first-order chi connectivity index (χ1) is 13.0. The Labute approximate surface area is 157 Å². The van der Waals surface area contributed by atoms with Crippen LogP contribution in [0.2, 0.25) is 0 Å². The molecule has 1 heterocycles. The minimum Gasteiger partial charge on any atom is -0.507 e. The lowest BCUT2D eigenvalue weighted by molar-refractivity contribution is 0.101. The molecule has 1 N–H and O–H groups in total. The van der Waals surface area contributed by atoms with Gasteiger partial charge in [-0.25, -0.2) is 0 Å². The number of carbonyl (C=O) groups is 1. The van der Waals surface area contributed by atoms with Crippen molar-refractivity contribution in [1.82, 2.24) is 4.90 Å². The van der Waals surface area contributed by atoms with E-state index < -0.39 is 0 Å². The van der Waals surface area contributed by atoms with Crippen LogP contribution < -0.4 is 4.74 Å². The van der Waals surface area contributed by atoms with Crippen molar-refractivity contribution in [3.05, 3.63) is 64.4 Å². The number of carbonyl (C=O) groups excluding carboxylic acids is 1. The fourth-order valence-electron chi connectivity index (χ4n) is 2.86. The topological polar surface area (TPSA) is 97.3 Å². The Bertz CT molecular complexity index is 979. The summed E-state index contributed by atoms with van der Waals surface area (Å²) in [6.45, 7) is 2.15. The Morgan fingerprint density at radius 1 is 1.11 bits per heavy atom. The molecule has 2 aromatic rings. The lowest BCUT2D eigenvalue weighted by Crippen LogP contribution is -2.24. The van der Waals surface area contributed by atoms with Gasteiger partial charge in [-0.15, -0.1) is 0 Å². The number of aryl methyl sites for hydroxylation is 1. The molecule has 0 spiro atoms. The molecule has 0 aromatic heterocycles. The van der Waals surface area contributed by atoms with Crippen LogP contribution in [-0.4, -0.2) is 28.9 Å². The summed E-state index contributed by atoms with van der Waals surface area (Å²) in [5.41, 5.74) is 2.69. The van der Waals surface area contributed by atoms with Gasteiger partial charge in [-0.05, 0) is 30.7 Å². The number of ether oxygens (including phenoxy) is 1. The van der Waals surface area contributed by atoms with Crippen LogP contribution in [0.5, 0.6) is 11.5 Å². The van der Waals surface area contributed by atoms with Crippen LogP contribution in [0.1, 0.15) is 27.0 Å². The Balaban J connectivity index is 1.95. The number of fused-ring (bicyclic) bond motifs is 1. The largest absolute Gasteiger partial charge is 0.507 e. The minimum absolute atomic E-state index is 0.0245. The van der Waals surface area contributed by atoms with E-state index in [1.54, 1.807) is 11.0 Å². The number of hydrogen-bond acceptors (Lipinski definition) is 6. The molecule has 27 heavy (non-hydrogen) atoms. The zero-order valence-electron chi connectivity index (χ0n) is 14.8. The van der Waals surface area contributed by atoms with Crippen LogP contribution in [0.4, 0.5) is 0 Å². The van der Waals surface area contributed by atoms with Gasteiger partial charge in [0, 0.05) is 6.54 Å². The Kier molecular flexibility index (Phi) is 5.21. The van der Waals surface area contributed by atoms with E-state index in [0.717, 1.165) is 11.1 Å². The van der Waals surface area contributed by atoms with E-state index in [4.69, 9.17) is 15.3 Å². The summed E-state index contributed by atoms with van der Waals surface area (Å²) in [4.78, 5) is 14.2. The van der Waals surface area contributed by atoms with Gasteiger partial charge >= 0.3 is 0 Å². The van der Waals surface area contributed by atoms with E-state index in [-0.39, 0.29) is 42.7 Å². The fraction of sp³-hybridized carbons (Fsp3) is 0.190. The quantitative estimate of drug-likeness (QED) is 0.650. The average molecular weight is 359 g/mol. The van der Waals surface area contributed by atoms with Gasteiger partial charge in [-0.3, -0.25) is 9.69 Å². The molecule has 0 fully saturated rings. The number of phenols is 1. The minimum atomic E-state index is -0.265. The Morgan fingerprint density at radius 3 is 2.41 bits per heavy atom. The van der Waals surface area contributed by atoms with E-state index in [1.807, 2.05) is 43.3 Å². The third-order valence-corrected chi connectivity index (χ3v) is 4.26. The molecule has 0 bridgehead atoms. The Morgan fingerprint density at radius 2 is 1.78 bits per heavy atom. The van der Waals surface area contributed by atoms with Gasteiger partial charge in [-0.2, -0.15) is 10.5 Å². The summed E-state index contributed by atoms with van der Waals surface area (Å²) < 4.78 is 5.78. The number of Topliss-reactive ketones (excluding diaryl/α,β-unsaturated/α-hetero) is 1. The highest BCUT2D eigenvalue weighted by Gasteiger charge is 2.31. The number of nitrogens with zero attached hydrogens (tertiary/aromatic N) is 3. The monoisotopic (exact) mass is 359 g/mol. The number of allylic oxidation sites excluding steroid dienone is 1. The van der Waals surface area contributed by atoms with Gasteiger partial charge in [0.15, 0.2) is 5.76 Å². The SMILES string of the molecule is Cc1ccc(/C=C2\Oc3c(ccc(O)c3CN(CC#N)CC#N)C2=O)cc1. The highest BCUT2D eigenvalue weighted by Crippen LogP contribution is 2.40. The number of aromatic hydroxyl groups is 1. The van der Waals surface area contributed by atoms with Crippen LogP contribution >= 0.6 is 0 Å². The van der Waals surface area contributed by atoms with Crippen molar-refractivity contribution >= 4 is 11.9 Å². The van der Waals surface area contributed by atoms with E-state index in [9.17, 15) is 9.90 Å². The highest BCUT2D eigenvalue weighted by atomic mass is 16.5. The molecule has 0 aliphatic carbocycles. The molecule has 0 amide bonds. The van der Waals surface area contributed by atoms with Crippen molar-refractivity contribution in [2.24, 2.45) is 0 Å². The predicted molar refractivity (Wildman–Crippen MR) is 98.7 cm³/mol. The van der Waals surface area contributed by atoms with Gasteiger partial charge in [0.1, 0.15) is 11.5 Å². The summed E-state index contributed by atoms with van der Waals surface area (Å²) >= 11 is 0. The van der Waals surface area contributed by atoms with E-state index >= 15 is 0 Å². The van der Waals surface area contributed by atoms with Crippen molar-refractivity contribution in [2.45, 2.75) is 13.5 Å². The summed E-state index contributed by atoms with van der Waals surface area (Å²) in [5.74, 6) is 0.144. The lowest BCUT2D eigenvalue weighted by Gasteiger charge is -2.17. The van der Waals surface area contributed by atoms with Crippen LogP contribution in [0.3, 0.4) is 0 Å². The van der Waals surface area contributed by atoms with Crippen molar-refractivity contribution in [2.75, 3.05) is 13.1 Å². The lowest BCUT2D eigenvalue weighted by atomic mass is 10.0. The standard InChI is InChI=1S/C21H17N3O3/c1-14-2-4-15(5-3-14)12-19-20(26)16-6-7-18(25)17(21(16)27-19)13-24(10-8-22)11-9-23/h2-7,12,25H,10-11,13H2,1H3/b19-12-. The number of rotatable bonds is 5. The predicted octanol–water partition coefficient (Wildman–Crippen LogP) is 3.17. The van der Waals surface area contributed by atoms with Crippen LogP contribution in [0.15, 0.2) is 42.2 Å². The fourth-order valence-corrected chi connectivity index (χ4v) is 2.86. The van der Waals surface area contributed by atoms with Crippen LogP contribution in [-0.2, 0) is 6.54 Å². The molecular weight excluding hydrogens is 342 g/mol. The number of benzene rings is 2. The third kappa shape index (κ3) is 3.82. The van der Waals surface area contributed by atoms with Crippen molar-refractivity contribution in [1.29, 1.82) is 10.5 Å². The molecule has 6 heteroatoms. The maximum absolute atomic E-state index is 12.7. The number of phenolic OH excluding ortho intramolecular Hbond substituents is 1. The van der Waals surface area contributed by atoms with Gasteiger partial charge in [-0.1, -0.05) is 29.8 Å². The normalized spacial score (nSPS) is 13.9. The highest BCUT2D eigenvalue weighted by molar-refractivity contribution is 6.15. The molecule has 6 nitrogen and oxygen atoms in total. The maximum atomic E-state index is 12.7. The van der Waals surface area contributed by atoms with Gasteiger partial charge in [0.2, 0.25) is 5.78 Å². The molecule has 0 radical (unpaired) electrons. The zero-order chi connectivity index (χ0) is 19.4. The maximum Gasteiger partial charge on any atom is 0.231 e. The summed E-state index contributed by atoms with van der Waals surface area (Å²) in [7, 11) is 0.